The Morgan fingerprint density at radius 1 is 1.09 bits per heavy atom. The van der Waals surface area contributed by atoms with Crippen LogP contribution in [-0.4, -0.2) is 35.6 Å². The molecule has 1 atom stereocenters. The third-order valence-electron chi connectivity index (χ3n) is 8.19. The predicted molar refractivity (Wildman–Crippen MR) is 131 cm³/mol. The number of aromatic nitrogens is 1. The van der Waals surface area contributed by atoms with E-state index in [-0.39, 0.29) is 11.3 Å². The van der Waals surface area contributed by atoms with E-state index in [9.17, 15) is 4.79 Å². The van der Waals surface area contributed by atoms with Gasteiger partial charge in [-0.25, -0.2) is 0 Å². The number of ether oxygens (including phenoxy) is 1. The lowest BCUT2D eigenvalue weighted by Gasteiger charge is -2.33. The Balaban J connectivity index is 1.14. The number of nitrogens with one attached hydrogen (secondary N) is 1. The first-order valence-electron chi connectivity index (χ1n) is 12.5. The Bertz CT molecular complexity index is 1210. The van der Waals surface area contributed by atoms with Gasteiger partial charge in [-0.05, 0) is 73.9 Å². The standard InChI is InChI=1S/C28H33N3O2/c1-33-19-31-24-12-3-2-10-21(24)22-13-17-30(18-25(22)31)16-5-4-14-28-15-7-9-20-8-6-11-23(26(20)28)29-27(28)32/h2-3,6,8,10-12H,4-5,7,9,13-19H2,1H3,(H,29,32). The Kier molecular flexibility index (Phi) is 5.27. The van der Waals surface area contributed by atoms with E-state index >= 15 is 0 Å². The zero-order chi connectivity index (χ0) is 22.4. The molecule has 172 valence electrons. The van der Waals surface area contributed by atoms with Crippen molar-refractivity contribution in [2.45, 2.75) is 63.6 Å². The summed E-state index contributed by atoms with van der Waals surface area (Å²) in [6, 6.07) is 15.1. The molecule has 1 aromatic heterocycles. The number of para-hydroxylation sites is 1. The number of benzene rings is 2. The second-order valence-electron chi connectivity index (χ2n) is 10.0. The number of aryl methyl sites for hydroxylation is 1. The summed E-state index contributed by atoms with van der Waals surface area (Å²) in [4.78, 5) is 15.6. The first-order valence-corrected chi connectivity index (χ1v) is 12.5. The fraction of sp³-hybridized carbons (Fsp3) is 0.464. The van der Waals surface area contributed by atoms with E-state index in [0.29, 0.717) is 6.73 Å². The molecule has 0 spiro atoms. The summed E-state index contributed by atoms with van der Waals surface area (Å²) < 4.78 is 7.88. The molecule has 3 aliphatic rings. The van der Waals surface area contributed by atoms with E-state index in [1.54, 1.807) is 7.11 Å². The van der Waals surface area contributed by atoms with Gasteiger partial charge in [-0.3, -0.25) is 9.69 Å². The van der Waals surface area contributed by atoms with E-state index in [2.05, 4.69) is 57.2 Å². The monoisotopic (exact) mass is 443 g/mol. The van der Waals surface area contributed by atoms with Gasteiger partial charge >= 0.3 is 0 Å². The maximum absolute atomic E-state index is 13.1. The first kappa shape index (κ1) is 20.9. The second kappa shape index (κ2) is 8.30. The number of carbonyl (C=O) groups is 1. The van der Waals surface area contributed by atoms with Gasteiger partial charge in [0.1, 0.15) is 6.73 Å². The Hall–Kier alpha value is -2.63. The van der Waals surface area contributed by atoms with Crippen molar-refractivity contribution in [2.75, 3.05) is 25.5 Å². The fourth-order valence-electron chi connectivity index (χ4n) is 6.69. The molecular weight excluding hydrogens is 410 g/mol. The highest BCUT2D eigenvalue weighted by atomic mass is 16.5. The average Bonchev–Trinajstić information content (AvgIpc) is 3.31. The number of carbonyl (C=O) groups excluding carboxylic acids is 1. The van der Waals surface area contributed by atoms with Crippen LogP contribution in [0.2, 0.25) is 0 Å². The first-order chi connectivity index (χ1) is 16.2. The number of fused-ring (bicyclic) bond motifs is 3. The minimum Gasteiger partial charge on any atom is -0.364 e. The molecule has 5 heteroatoms. The number of nitrogens with zero attached hydrogens (tertiary/aromatic N) is 2. The number of unbranched alkanes of at least 4 members (excludes halogenated alkanes) is 1. The van der Waals surface area contributed by atoms with Crippen LogP contribution in [0.15, 0.2) is 42.5 Å². The van der Waals surface area contributed by atoms with Gasteiger partial charge in [0.2, 0.25) is 5.91 Å². The van der Waals surface area contributed by atoms with E-state index in [4.69, 9.17) is 4.74 Å². The summed E-state index contributed by atoms with van der Waals surface area (Å²) in [5.41, 5.74) is 7.65. The van der Waals surface area contributed by atoms with Crippen molar-refractivity contribution in [3.05, 3.63) is 64.8 Å². The molecule has 6 rings (SSSR count). The molecule has 2 aliphatic heterocycles. The van der Waals surface area contributed by atoms with Crippen molar-refractivity contribution in [2.24, 2.45) is 0 Å². The van der Waals surface area contributed by atoms with Crippen molar-refractivity contribution in [1.29, 1.82) is 0 Å². The van der Waals surface area contributed by atoms with E-state index < -0.39 is 0 Å². The zero-order valence-electron chi connectivity index (χ0n) is 19.5. The van der Waals surface area contributed by atoms with Crippen LogP contribution in [0.5, 0.6) is 0 Å². The molecular formula is C28H33N3O2. The molecule has 2 aromatic carbocycles. The van der Waals surface area contributed by atoms with Crippen molar-refractivity contribution >= 4 is 22.5 Å². The largest absolute Gasteiger partial charge is 0.364 e. The van der Waals surface area contributed by atoms with Gasteiger partial charge in [-0.1, -0.05) is 36.8 Å². The van der Waals surface area contributed by atoms with Crippen molar-refractivity contribution in [3.63, 3.8) is 0 Å². The number of amides is 1. The van der Waals surface area contributed by atoms with Gasteiger partial charge in [0.15, 0.2) is 0 Å². The van der Waals surface area contributed by atoms with E-state index in [1.807, 2.05) is 0 Å². The highest BCUT2D eigenvalue weighted by Gasteiger charge is 2.48. The van der Waals surface area contributed by atoms with Crippen LogP contribution < -0.4 is 5.32 Å². The van der Waals surface area contributed by atoms with Crippen molar-refractivity contribution in [3.8, 4) is 0 Å². The lowest BCUT2D eigenvalue weighted by atomic mass is 9.68. The maximum Gasteiger partial charge on any atom is 0.235 e. The summed E-state index contributed by atoms with van der Waals surface area (Å²) >= 11 is 0. The van der Waals surface area contributed by atoms with Crippen LogP contribution in [0, 0.1) is 0 Å². The molecule has 1 N–H and O–H groups in total. The molecule has 0 saturated carbocycles. The summed E-state index contributed by atoms with van der Waals surface area (Å²) in [6.07, 6.45) is 7.49. The van der Waals surface area contributed by atoms with Gasteiger partial charge in [0.05, 0.1) is 10.9 Å². The maximum atomic E-state index is 13.1. The molecule has 3 aromatic rings. The predicted octanol–water partition coefficient (Wildman–Crippen LogP) is 5.00. The summed E-state index contributed by atoms with van der Waals surface area (Å²) in [5.74, 6) is 0.233. The summed E-state index contributed by atoms with van der Waals surface area (Å²) in [6.45, 7) is 3.77. The van der Waals surface area contributed by atoms with Crippen LogP contribution in [0.25, 0.3) is 10.9 Å². The number of anilines is 1. The molecule has 5 nitrogen and oxygen atoms in total. The van der Waals surface area contributed by atoms with Crippen LogP contribution in [-0.2, 0) is 41.1 Å². The van der Waals surface area contributed by atoms with Gasteiger partial charge in [0, 0.05) is 37.0 Å². The van der Waals surface area contributed by atoms with Crippen molar-refractivity contribution < 1.29 is 9.53 Å². The zero-order valence-corrected chi connectivity index (χ0v) is 19.5. The van der Waals surface area contributed by atoms with Gasteiger partial charge in [-0.15, -0.1) is 0 Å². The highest BCUT2D eigenvalue weighted by molar-refractivity contribution is 6.07. The topological polar surface area (TPSA) is 46.5 Å². The van der Waals surface area contributed by atoms with Crippen LogP contribution in [0.1, 0.15) is 54.5 Å². The average molecular weight is 444 g/mol. The molecule has 1 aliphatic carbocycles. The van der Waals surface area contributed by atoms with Gasteiger partial charge < -0.3 is 14.6 Å². The molecule has 1 amide bonds. The minimum absolute atomic E-state index is 0.233. The third kappa shape index (κ3) is 3.32. The fourth-order valence-corrected chi connectivity index (χ4v) is 6.69. The molecule has 1 unspecified atom stereocenters. The number of hydrogen-bond donors (Lipinski definition) is 1. The van der Waals surface area contributed by atoms with Crippen LogP contribution in [0.4, 0.5) is 5.69 Å². The third-order valence-corrected chi connectivity index (χ3v) is 8.19. The molecule has 0 radical (unpaired) electrons. The smallest absolute Gasteiger partial charge is 0.235 e. The number of methoxy groups -OCH3 is 1. The van der Waals surface area contributed by atoms with Crippen LogP contribution in [0.3, 0.4) is 0 Å². The quantitative estimate of drug-likeness (QED) is 0.523. The van der Waals surface area contributed by atoms with E-state index in [0.717, 1.165) is 70.3 Å². The van der Waals surface area contributed by atoms with Crippen LogP contribution >= 0.6 is 0 Å². The number of hydrogen-bond acceptors (Lipinski definition) is 3. The minimum atomic E-state index is -0.288. The normalized spacial score (nSPS) is 21.8. The molecule has 0 bridgehead atoms. The lowest BCUT2D eigenvalue weighted by Crippen LogP contribution is -2.37. The Morgan fingerprint density at radius 2 is 2.00 bits per heavy atom. The highest BCUT2D eigenvalue weighted by Crippen LogP contribution is 2.49. The molecule has 3 heterocycles. The summed E-state index contributed by atoms with van der Waals surface area (Å²) in [5, 5.41) is 4.57. The van der Waals surface area contributed by atoms with Gasteiger partial charge in [0.25, 0.3) is 0 Å². The SMILES string of the molecule is COCn1c2c(c3ccccc31)CCN(CCCCC13CCCc4cccc(c41)NC3=O)C2. The Morgan fingerprint density at radius 3 is 2.91 bits per heavy atom. The van der Waals surface area contributed by atoms with Gasteiger partial charge in [-0.2, -0.15) is 0 Å². The second-order valence-corrected chi connectivity index (χ2v) is 10.0. The van der Waals surface area contributed by atoms with E-state index in [1.165, 1.54) is 33.3 Å². The lowest BCUT2D eigenvalue weighted by molar-refractivity contribution is -0.121. The summed E-state index contributed by atoms with van der Waals surface area (Å²) in [7, 11) is 1.77. The molecule has 33 heavy (non-hydrogen) atoms. The Labute approximate surface area is 195 Å². The molecule has 0 fully saturated rings. The molecule has 0 saturated heterocycles. The number of rotatable bonds is 7. The van der Waals surface area contributed by atoms with Crippen molar-refractivity contribution in [1.82, 2.24) is 9.47 Å².